The third-order valence-electron chi connectivity index (χ3n) is 5.71. The average Bonchev–Trinajstić information content (AvgIpc) is 3.32. The van der Waals surface area contributed by atoms with Gasteiger partial charge in [-0.25, -0.2) is 4.98 Å². The molecule has 0 spiro atoms. The maximum atomic E-state index is 13.1. The number of carbonyl (C=O) groups excluding carboxylic acids is 1. The highest BCUT2D eigenvalue weighted by Crippen LogP contribution is 2.21. The molecule has 8 heteroatoms. The van der Waals surface area contributed by atoms with E-state index in [1.807, 2.05) is 26.1 Å². The highest BCUT2D eigenvalue weighted by molar-refractivity contribution is 6.05. The van der Waals surface area contributed by atoms with Crippen molar-refractivity contribution in [1.29, 1.82) is 0 Å². The van der Waals surface area contributed by atoms with Crippen LogP contribution < -0.4 is 10.9 Å². The van der Waals surface area contributed by atoms with E-state index in [0.29, 0.717) is 35.7 Å². The number of ether oxygens (including phenoxy) is 1. The smallest absolute Gasteiger partial charge is 0.263 e. The Balaban J connectivity index is 1.64. The molecule has 1 aliphatic rings. The fourth-order valence-electron chi connectivity index (χ4n) is 4.08. The molecule has 30 heavy (non-hydrogen) atoms. The van der Waals surface area contributed by atoms with Crippen LogP contribution in [0.2, 0.25) is 0 Å². The van der Waals surface area contributed by atoms with Crippen LogP contribution in [0.15, 0.2) is 29.1 Å². The molecule has 1 aliphatic heterocycles. The van der Waals surface area contributed by atoms with E-state index in [1.54, 1.807) is 28.2 Å². The molecule has 1 saturated heterocycles. The molecule has 3 heterocycles. The van der Waals surface area contributed by atoms with E-state index in [-0.39, 0.29) is 23.8 Å². The largest absolute Gasteiger partial charge is 0.388 e. The summed E-state index contributed by atoms with van der Waals surface area (Å²) in [4.78, 5) is 30.5. The first-order chi connectivity index (χ1) is 14.4. The standard InChI is InChI=1S/C22H26N4O4/c1-13-9-14(2)26(11-16-5-4-8-30-16)22(29)20(13)21(28)23-15-6-7-18-17(10-15)24-19(12-27)25(18)3/h6-7,9-10,16,27H,4-5,8,11-12H2,1-3H3,(H,23,28)/t16-/m0/s1. The van der Waals surface area contributed by atoms with E-state index in [2.05, 4.69) is 10.3 Å². The first-order valence-electron chi connectivity index (χ1n) is 10.1. The van der Waals surface area contributed by atoms with Gasteiger partial charge in [-0.05, 0) is 56.5 Å². The predicted octanol–water partition coefficient (Wildman–Crippen LogP) is 2.28. The second-order valence-corrected chi connectivity index (χ2v) is 7.80. The molecule has 1 amide bonds. The molecular weight excluding hydrogens is 384 g/mol. The highest BCUT2D eigenvalue weighted by atomic mass is 16.5. The van der Waals surface area contributed by atoms with Gasteiger partial charge in [0.25, 0.3) is 11.5 Å². The molecule has 0 unspecified atom stereocenters. The number of anilines is 1. The van der Waals surface area contributed by atoms with Crippen LogP contribution in [-0.2, 0) is 24.9 Å². The van der Waals surface area contributed by atoms with E-state index in [0.717, 1.165) is 24.1 Å². The predicted molar refractivity (Wildman–Crippen MR) is 114 cm³/mol. The minimum absolute atomic E-state index is 0.00676. The van der Waals surface area contributed by atoms with Crippen molar-refractivity contribution in [2.75, 3.05) is 11.9 Å². The van der Waals surface area contributed by atoms with Crippen LogP contribution >= 0.6 is 0 Å². The number of pyridine rings is 1. The minimum Gasteiger partial charge on any atom is -0.388 e. The zero-order valence-corrected chi connectivity index (χ0v) is 17.4. The van der Waals surface area contributed by atoms with E-state index < -0.39 is 5.91 Å². The lowest BCUT2D eigenvalue weighted by atomic mass is 10.1. The Labute approximate surface area is 174 Å². The molecule has 2 aromatic heterocycles. The summed E-state index contributed by atoms with van der Waals surface area (Å²) in [5.74, 6) is 0.0936. The first kappa shape index (κ1) is 20.3. The van der Waals surface area contributed by atoms with Gasteiger partial charge in [0.05, 0.1) is 23.7 Å². The zero-order chi connectivity index (χ0) is 21.4. The molecule has 1 atom stereocenters. The van der Waals surface area contributed by atoms with Gasteiger partial charge in [-0.15, -0.1) is 0 Å². The summed E-state index contributed by atoms with van der Waals surface area (Å²) in [5, 5.41) is 12.2. The van der Waals surface area contributed by atoms with Crippen LogP contribution in [-0.4, -0.2) is 37.8 Å². The van der Waals surface area contributed by atoms with Crippen LogP contribution in [0.5, 0.6) is 0 Å². The number of imidazole rings is 1. The Bertz CT molecular complexity index is 1170. The van der Waals surface area contributed by atoms with E-state index in [4.69, 9.17) is 4.74 Å². The lowest BCUT2D eigenvalue weighted by Gasteiger charge is -2.17. The van der Waals surface area contributed by atoms with Gasteiger partial charge < -0.3 is 24.3 Å². The number of benzene rings is 1. The SMILES string of the molecule is Cc1cc(C)n(C[C@@H]2CCCO2)c(=O)c1C(=O)Nc1ccc2c(c1)nc(CO)n2C. The number of aryl methyl sites for hydroxylation is 3. The van der Waals surface area contributed by atoms with Crippen molar-refractivity contribution >= 4 is 22.6 Å². The summed E-state index contributed by atoms with van der Waals surface area (Å²) in [6.07, 6.45) is 1.92. The Morgan fingerprint density at radius 3 is 2.83 bits per heavy atom. The van der Waals surface area contributed by atoms with Gasteiger partial charge in [0, 0.05) is 25.0 Å². The van der Waals surface area contributed by atoms with Gasteiger partial charge in [-0.3, -0.25) is 9.59 Å². The van der Waals surface area contributed by atoms with Gasteiger partial charge >= 0.3 is 0 Å². The fourth-order valence-corrected chi connectivity index (χ4v) is 4.08. The van der Waals surface area contributed by atoms with Crippen molar-refractivity contribution in [3.05, 3.63) is 57.3 Å². The highest BCUT2D eigenvalue weighted by Gasteiger charge is 2.22. The Morgan fingerprint density at radius 1 is 1.33 bits per heavy atom. The number of hydrogen-bond donors (Lipinski definition) is 2. The molecule has 1 aromatic carbocycles. The number of fused-ring (bicyclic) bond motifs is 1. The summed E-state index contributed by atoms with van der Waals surface area (Å²) in [6.45, 7) is 4.65. The Hall–Kier alpha value is -2.97. The van der Waals surface area contributed by atoms with E-state index in [1.165, 1.54) is 0 Å². The molecule has 0 radical (unpaired) electrons. The monoisotopic (exact) mass is 410 g/mol. The van der Waals surface area contributed by atoms with Crippen LogP contribution in [0.4, 0.5) is 5.69 Å². The fraction of sp³-hybridized carbons (Fsp3) is 0.409. The van der Waals surface area contributed by atoms with Crippen molar-refractivity contribution in [3.63, 3.8) is 0 Å². The van der Waals surface area contributed by atoms with Gasteiger partial charge in [0.2, 0.25) is 0 Å². The molecule has 8 nitrogen and oxygen atoms in total. The molecule has 4 rings (SSSR count). The maximum Gasteiger partial charge on any atom is 0.263 e. The average molecular weight is 410 g/mol. The first-order valence-corrected chi connectivity index (χ1v) is 10.1. The number of amides is 1. The lowest BCUT2D eigenvalue weighted by molar-refractivity contribution is 0.0947. The molecule has 1 fully saturated rings. The summed E-state index contributed by atoms with van der Waals surface area (Å²) < 4.78 is 9.10. The number of nitrogens with zero attached hydrogens (tertiary/aromatic N) is 3. The van der Waals surface area contributed by atoms with Crippen molar-refractivity contribution in [1.82, 2.24) is 14.1 Å². The minimum atomic E-state index is -0.448. The molecular formula is C22H26N4O4. The second-order valence-electron chi connectivity index (χ2n) is 7.80. The van der Waals surface area contributed by atoms with Gasteiger partial charge in [0.1, 0.15) is 18.0 Å². The molecule has 3 aromatic rings. The third kappa shape index (κ3) is 3.64. The van der Waals surface area contributed by atoms with Crippen LogP contribution in [0.25, 0.3) is 11.0 Å². The summed E-state index contributed by atoms with van der Waals surface area (Å²) in [7, 11) is 1.82. The van der Waals surface area contributed by atoms with Crippen LogP contribution in [0.3, 0.4) is 0 Å². The molecule has 2 N–H and O–H groups in total. The number of carbonyl (C=O) groups is 1. The number of rotatable bonds is 5. The molecule has 158 valence electrons. The number of nitrogens with one attached hydrogen (secondary N) is 1. The van der Waals surface area contributed by atoms with Crippen LogP contribution in [0, 0.1) is 13.8 Å². The topological polar surface area (TPSA) is 98.4 Å². The quantitative estimate of drug-likeness (QED) is 0.672. The third-order valence-corrected chi connectivity index (χ3v) is 5.71. The van der Waals surface area contributed by atoms with Crippen LogP contribution in [0.1, 0.15) is 40.3 Å². The normalized spacial score (nSPS) is 16.3. The molecule has 0 saturated carbocycles. The van der Waals surface area contributed by atoms with Crippen molar-refractivity contribution < 1.29 is 14.6 Å². The second kappa shape index (κ2) is 8.04. The number of aromatic nitrogens is 3. The van der Waals surface area contributed by atoms with Crippen molar-refractivity contribution in [2.24, 2.45) is 7.05 Å². The van der Waals surface area contributed by atoms with Gasteiger partial charge in [0.15, 0.2) is 0 Å². The molecule has 0 bridgehead atoms. The summed E-state index contributed by atoms with van der Waals surface area (Å²) in [6, 6.07) is 7.19. The van der Waals surface area contributed by atoms with Crippen molar-refractivity contribution in [2.45, 2.75) is 45.9 Å². The Morgan fingerprint density at radius 2 is 2.13 bits per heavy atom. The lowest BCUT2D eigenvalue weighted by Crippen LogP contribution is -2.34. The maximum absolute atomic E-state index is 13.1. The summed E-state index contributed by atoms with van der Waals surface area (Å²) >= 11 is 0. The summed E-state index contributed by atoms with van der Waals surface area (Å²) in [5.41, 5.74) is 3.34. The molecule has 0 aliphatic carbocycles. The zero-order valence-electron chi connectivity index (χ0n) is 17.4. The van der Waals surface area contributed by atoms with Gasteiger partial charge in [-0.2, -0.15) is 0 Å². The van der Waals surface area contributed by atoms with Crippen molar-refractivity contribution in [3.8, 4) is 0 Å². The van der Waals surface area contributed by atoms with E-state index >= 15 is 0 Å². The number of hydrogen-bond acceptors (Lipinski definition) is 5. The number of aliphatic hydroxyl groups is 1. The van der Waals surface area contributed by atoms with E-state index in [9.17, 15) is 14.7 Å². The van der Waals surface area contributed by atoms with Gasteiger partial charge in [-0.1, -0.05) is 0 Å². The number of aliphatic hydroxyl groups excluding tert-OH is 1. The Kier molecular flexibility index (Phi) is 5.44.